The first-order valence-corrected chi connectivity index (χ1v) is 6.86. The zero-order chi connectivity index (χ0) is 14.6. The lowest BCUT2D eigenvalue weighted by Crippen LogP contribution is -2.31. The Labute approximate surface area is 117 Å². The van der Waals surface area contributed by atoms with Gasteiger partial charge < -0.3 is 15.2 Å². The van der Waals surface area contributed by atoms with Crippen molar-refractivity contribution in [2.24, 2.45) is 11.3 Å². The van der Waals surface area contributed by atoms with Gasteiger partial charge in [0.15, 0.2) is 0 Å². The summed E-state index contributed by atoms with van der Waals surface area (Å²) in [6.45, 7) is 12.0. The van der Waals surface area contributed by atoms with Gasteiger partial charge in [0.05, 0.1) is 7.11 Å². The Morgan fingerprint density at radius 1 is 1.26 bits per heavy atom. The van der Waals surface area contributed by atoms with Crippen LogP contribution in [-0.2, 0) is 0 Å². The Morgan fingerprint density at radius 3 is 2.37 bits per heavy atom. The fraction of sp³-hybridized carbons (Fsp3) is 0.625. The number of methoxy groups -OCH3 is 1. The molecular weight excluding hydrogens is 238 g/mol. The van der Waals surface area contributed by atoms with Gasteiger partial charge in [0.2, 0.25) is 0 Å². The molecule has 0 aliphatic carbocycles. The first-order valence-electron chi connectivity index (χ1n) is 6.86. The number of rotatable bonds is 5. The highest BCUT2D eigenvalue weighted by Crippen LogP contribution is 2.29. The zero-order valence-electron chi connectivity index (χ0n) is 12.9. The van der Waals surface area contributed by atoms with Crippen LogP contribution in [0.2, 0.25) is 0 Å². The van der Waals surface area contributed by atoms with E-state index in [0.717, 1.165) is 12.1 Å². The topological polar surface area (TPSA) is 41.5 Å². The first kappa shape index (κ1) is 15.8. The molecule has 2 unspecified atom stereocenters. The summed E-state index contributed by atoms with van der Waals surface area (Å²) in [6.07, 6.45) is 0. The molecule has 0 heterocycles. The quantitative estimate of drug-likeness (QED) is 0.852. The smallest absolute Gasteiger partial charge is 0.124 e. The van der Waals surface area contributed by atoms with Crippen molar-refractivity contribution in [2.75, 3.05) is 13.7 Å². The molecular formula is C16H27NO2. The Kier molecular flexibility index (Phi) is 5.24. The summed E-state index contributed by atoms with van der Waals surface area (Å²) in [6, 6.07) is 5.56. The van der Waals surface area contributed by atoms with E-state index in [1.54, 1.807) is 13.2 Å². The monoisotopic (exact) mass is 265 g/mol. The summed E-state index contributed by atoms with van der Waals surface area (Å²) in [5.74, 6) is 1.52. The third-order valence-corrected chi connectivity index (χ3v) is 3.91. The number of hydrogen-bond donors (Lipinski definition) is 2. The highest BCUT2D eigenvalue weighted by Gasteiger charge is 2.21. The number of phenols is 1. The summed E-state index contributed by atoms with van der Waals surface area (Å²) in [7, 11) is 1.60. The van der Waals surface area contributed by atoms with Gasteiger partial charge in [0, 0.05) is 17.7 Å². The molecule has 2 N–H and O–H groups in total. The first-order chi connectivity index (χ1) is 8.75. The van der Waals surface area contributed by atoms with Crippen LogP contribution >= 0.6 is 0 Å². The molecule has 1 aromatic rings. The average Bonchev–Trinajstić information content (AvgIpc) is 2.34. The Balaban J connectivity index is 2.66. The van der Waals surface area contributed by atoms with Crippen molar-refractivity contribution >= 4 is 0 Å². The van der Waals surface area contributed by atoms with Crippen LogP contribution in [0.25, 0.3) is 0 Å². The van der Waals surface area contributed by atoms with Crippen LogP contribution in [0.3, 0.4) is 0 Å². The maximum absolute atomic E-state index is 10.00. The minimum absolute atomic E-state index is 0.121. The molecule has 0 aliphatic heterocycles. The van der Waals surface area contributed by atoms with E-state index in [0.29, 0.717) is 11.7 Å². The second-order valence-electron chi connectivity index (χ2n) is 6.32. The van der Waals surface area contributed by atoms with Crippen molar-refractivity contribution in [1.82, 2.24) is 5.32 Å². The number of benzene rings is 1. The Bertz CT molecular complexity index is 410. The van der Waals surface area contributed by atoms with Gasteiger partial charge in [-0.3, -0.25) is 0 Å². The minimum atomic E-state index is 0.121. The van der Waals surface area contributed by atoms with Crippen LogP contribution in [-0.4, -0.2) is 18.8 Å². The maximum atomic E-state index is 10.00. The molecule has 108 valence electrons. The van der Waals surface area contributed by atoms with Crippen LogP contribution in [0.5, 0.6) is 11.5 Å². The molecule has 2 atom stereocenters. The summed E-state index contributed by atoms with van der Waals surface area (Å²) < 4.78 is 5.09. The van der Waals surface area contributed by atoms with Gasteiger partial charge in [0.25, 0.3) is 0 Å². The maximum Gasteiger partial charge on any atom is 0.124 e. The van der Waals surface area contributed by atoms with E-state index in [1.165, 1.54) is 0 Å². The van der Waals surface area contributed by atoms with Gasteiger partial charge in [-0.15, -0.1) is 0 Å². The van der Waals surface area contributed by atoms with Gasteiger partial charge in [-0.05, 0) is 30.9 Å². The standard InChI is InChI=1S/C16H27NO2/c1-11(16(3,4)5)10-17-12(2)14-8-7-13(19-6)9-15(14)18/h7-9,11-12,17-18H,10H2,1-6H3. The largest absolute Gasteiger partial charge is 0.507 e. The second kappa shape index (κ2) is 6.29. The molecule has 0 bridgehead atoms. The van der Waals surface area contributed by atoms with Gasteiger partial charge >= 0.3 is 0 Å². The van der Waals surface area contributed by atoms with Gasteiger partial charge in [-0.25, -0.2) is 0 Å². The lowest BCUT2D eigenvalue weighted by Gasteiger charge is -2.29. The van der Waals surface area contributed by atoms with Crippen LogP contribution in [0, 0.1) is 11.3 Å². The van der Waals surface area contributed by atoms with E-state index in [4.69, 9.17) is 4.74 Å². The fourth-order valence-electron chi connectivity index (χ4n) is 1.79. The van der Waals surface area contributed by atoms with Crippen LogP contribution < -0.4 is 10.1 Å². The molecule has 0 saturated carbocycles. The van der Waals surface area contributed by atoms with Crippen molar-refractivity contribution in [3.05, 3.63) is 23.8 Å². The average molecular weight is 265 g/mol. The fourth-order valence-corrected chi connectivity index (χ4v) is 1.79. The van der Waals surface area contributed by atoms with Crippen LogP contribution in [0.4, 0.5) is 0 Å². The van der Waals surface area contributed by atoms with Gasteiger partial charge in [-0.1, -0.05) is 33.8 Å². The molecule has 3 heteroatoms. The van der Waals surface area contributed by atoms with E-state index >= 15 is 0 Å². The van der Waals surface area contributed by atoms with Gasteiger partial charge in [0.1, 0.15) is 11.5 Å². The normalized spacial score (nSPS) is 15.1. The van der Waals surface area contributed by atoms with Crippen molar-refractivity contribution in [1.29, 1.82) is 0 Å². The molecule has 1 aromatic carbocycles. The van der Waals surface area contributed by atoms with E-state index < -0.39 is 0 Å². The molecule has 0 radical (unpaired) electrons. The Hall–Kier alpha value is -1.22. The van der Waals surface area contributed by atoms with E-state index in [2.05, 4.69) is 39.9 Å². The second-order valence-corrected chi connectivity index (χ2v) is 6.32. The van der Waals surface area contributed by atoms with Crippen molar-refractivity contribution in [3.8, 4) is 11.5 Å². The predicted molar refractivity (Wildman–Crippen MR) is 79.7 cm³/mol. The highest BCUT2D eigenvalue weighted by atomic mass is 16.5. The summed E-state index contributed by atoms with van der Waals surface area (Å²) in [4.78, 5) is 0. The minimum Gasteiger partial charge on any atom is -0.507 e. The highest BCUT2D eigenvalue weighted by molar-refractivity contribution is 5.41. The van der Waals surface area contributed by atoms with Crippen LogP contribution in [0.15, 0.2) is 18.2 Å². The number of aromatic hydroxyl groups is 1. The third-order valence-electron chi connectivity index (χ3n) is 3.91. The molecule has 19 heavy (non-hydrogen) atoms. The van der Waals surface area contributed by atoms with E-state index in [1.807, 2.05) is 12.1 Å². The van der Waals surface area contributed by atoms with Crippen molar-refractivity contribution in [3.63, 3.8) is 0 Å². The van der Waals surface area contributed by atoms with Crippen LogP contribution in [0.1, 0.15) is 46.2 Å². The number of ether oxygens (including phenoxy) is 1. The molecule has 0 fully saturated rings. The van der Waals surface area contributed by atoms with Gasteiger partial charge in [-0.2, -0.15) is 0 Å². The lowest BCUT2D eigenvalue weighted by atomic mass is 9.82. The van der Waals surface area contributed by atoms with E-state index in [-0.39, 0.29) is 17.2 Å². The summed E-state index contributed by atoms with van der Waals surface area (Å²) >= 11 is 0. The van der Waals surface area contributed by atoms with E-state index in [9.17, 15) is 5.11 Å². The molecule has 0 spiro atoms. The zero-order valence-corrected chi connectivity index (χ0v) is 12.9. The molecule has 1 rings (SSSR count). The number of phenolic OH excluding ortho intramolecular Hbond substituents is 1. The molecule has 0 saturated heterocycles. The number of nitrogens with one attached hydrogen (secondary N) is 1. The molecule has 0 amide bonds. The SMILES string of the molecule is COc1ccc(C(C)NCC(C)C(C)(C)C)c(O)c1. The molecule has 0 aliphatic rings. The number of hydrogen-bond acceptors (Lipinski definition) is 3. The molecule has 0 aromatic heterocycles. The lowest BCUT2D eigenvalue weighted by molar-refractivity contribution is 0.246. The van der Waals surface area contributed by atoms with Crippen molar-refractivity contribution < 1.29 is 9.84 Å². The molecule has 3 nitrogen and oxygen atoms in total. The van der Waals surface area contributed by atoms with Crippen molar-refractivity contribution in [2.45, 2.75) is 40.7 Å². The third kappa shape index (κ3) is 4.43. The predicted octanol–water partition coefficient (Wildman–Crippen LogP) is 3.73. The summed E-state index contributed by atoms with van der Waals surface area (Å²) in [5.41, 5.74) is 1.19. The summed E-state index contributed by atoms with van der Waals surface area (Å²) in [5, 5.41) is 13.5. The Morgan fingerprint density at radius 2 is 1.89 bits per heavy atom.